The fraction of sp³-hybridized carbons (Fsp3) is 0.444. The van der Waals surface area contributed by atoms with Gasteiger partial charge in [0.1, 0.15) is 5.01 Å². The smallest absolute Gasteiger partial charge is 0.226 e. The zero-order chi connectivity index (χ0) is 16.1. The van der Waals surface area contributed by atoms with E-state index in [-0.39, 0.29) is 5.91 Å². The first kappa shape index (κ1) is 16.1. The van der Waals surface area contributed by atoms with Crippen molar-refractivity contribution in [3.8, 4) is 10.6 Å². The molecule has 1 saturated heterocycles. The van der Waals surface area contributed by atoms with Gasteiger partial charge in [-0.25, -0.2) is 4.98 Å². The molecule has 1 fully saturated rings. The van der Waals surface area contributed by atoms with Gasteiger partial charge in [-0.1, -0.05) is 30.3 Å². The number of benzene rings is 1. The van der Waals surface area contributed by atoms with Crippen LogP contribution in [0, 0.1) is 0 Å². The van der Waals surface area contributed by atoms with Crippen LogP contribution < -0.4 is 5.32 Å². The van der Waals surface area contributed by atoms with Crippen LogP contribution in [-0.2, 0) is 11.2 Å². The molecule has 1 aliphatic rings. The van der Waals surface area contributed by atoms with Gasteiger partial charge in [0.05, 0.1) is 12.1 Å². The molecule has 1 aromatic carbocycles. The van der Waals surface area contributed by atoms with Crippen molar-refractivity contribution in [2.75, 3.05) is 19.6 Å². The molecule has 0 saturated carbocycles. The second kappa shape index (κ2) is 7.70. The van der Waals surface area contributed by atoms with Crippen LogP contribution in [0.25, 0.3) is 10.6 Å². The van der Waals surface area contributed by atoms with E-state index in [1.165, 1.54) is 12.8 Å². The fourth-order valence-electron chi connectivity index (χ4n) is 2.90. The van der Waals surface area contributed by atoms with Crippen LogP contribution in [0.15, 0.2) is 35.7 Å². The summed E-state index contributed by atoms with van der Waals surface area (Å²) in [5.74, 6) is 0.0564. The minimum absolute atomic E-state index is 0.0564. The second-order valence-corrected chi connectivity index (χ2v) is 6.94. The molecule has 1 amide bonds. The molecule has 122 valence electrons. The first-order valence-corrected chi connectivity index (χ1v) is 9.11. The van der Waals surface area contributed by atoms with Gasteiger partial charge < -0.3 is 5.32 Å². The number of nitrogens with one attached hydrogen (secondary N) is 1. The van der Waals surface area contributed by atoms with E-state index >= 15 is 0 Å². The molecule has 1 aliphatic heterocycles. The lowest BCUT2D eigenvalue weighted by atomic mass is 10.2. The van der Waals surface area contributed by atoms with E-state index in [4.69, 9.17) is 0 Å². The number of hydrogen-bond acceptors (Lipinski definition) is 4. The number of hydrogen-bond donors (Lipinski definition) is 1. The van der Waals surface area contributed by atoms with E-state index in [0.29, 0.717) is 19.0 Å². The summed E-state index contributed by atoms with van der Waals surface area (Å²) in [6.07, 6.45) is 2.91. The third-order valence-electron chi connectivity index (χ3n) is 4.27. The first-order chi connectivity index (χ1) is 11.2. The largest absolute Gasteiger partial charge is 0.354 e. The Balaban J connectivity index is 1.49. The minimum Gasteiger partial charge on any atom is -0.354 e. The first-order valence-electron chi connectivity index (χ1n) is 8.23. The summed E-state index contributed by atoms with van der Waals surface area (Å²) < 4.78 is 0. The number of nitrogens with zero attached hydrogens (tertiary/aromatic N) is 2. The molecule has 1 atom stereocenters. The molecule has 23 heavy (non-hydrogen) atoms. The maximum Gasteiger partial charge on any atom is 0.226 e. The van der Waals surface area contributed by atoms with Gasteiger partial charge in [0.2, 0.25) is 5.91 Å². The Labute approximate surface area is 141 Å². The van der Waals surface area contributed by atoms with Gasteiger partial charge in [-0.15, -0.1) is 11.3 Å². The van der Waals surface area contributed by atoms with Gasteiger partial charge in [0.15, 0.2) is 0 Å². The van der Waals surface area contributed by atoms with Gasteiger partial charge in [-0.2, -0.15) is 0 Å². The van der Waals surface area contributed by atoms with Gasteiger partial charge in [-0.3, -0.25) is 9.69 Å². The van der Waals surface area contributed by atoms with E-state index in [2.05, 4.69) is 22.1 Å². The molecule has 0 radical (unpaired) electrons. The highest BCUT2D eigenvalue weighted by molar-refractivity contribution is 7.13. The Morgan fingerprint density at radius 1 is 1.30 bits per heavy atom. The van der Waals surface area contributed by atoms with Crippen molar-refractivity contribution in [1.82, 2.24) is 15.2 Å². The highest BCUT2D eigenvalue weighted by Gasteiger charge is 2.18. The zero-order valence-corrected chi connectivity index (χ0v) is 14.3. The third kappa shape index (κ3) is 4.39. The molecular formula is C18H23N3OS. The minimum atomic E-state index is 0.0564. The molecule has 1 unspecified atom stereocenters. The number of rotatable bonds is 6. The van der Waals surface area contributed by atoms with Gasteiger partial charge >= 0.3 is 0 Å². The SMILES string of the molecule is CC(CNC(=O)Cc1csc(-c2ccccc2)n1)N1CCCC1. The van der Waals surface area contributed by atoms with Crippen LogP contribution in [0.5, 0.6) is 0 Å². The Morgan fingerprint density at radius 2 is 2.04 bits per heavy atom. The van der Waals surface area contributed by atoms with Crippen molar-refractivity contribution in [3.63, 3.8) is 0 Å². The van der Waals surface area contributed by atoms with Crippen LogP contribution in [-0.4, -0.2) is 41.5 Å². The van der Waals surface area contributed by atoms with Crippen molar-refractivity contribution < 1.29 is 4.79 Å². The lowest BCUT2D eigenvalue weighted by Crippen LogP contribution is -2.41. The van der Waals surface area contributed by atoms with Crippen LogP contribution in [0.1, 0.15) is 25.5 Å². The zero-order valence-electron chi connectivity index (χ0n) is 13.5. The Hall–Kier alpha value is -1.72. The van der Waals surface area contributed by atoms with Gasteiger partial charge in [0, 0.05) is 23.5 Å². The van der Waals surface area contributed by atoms with E-state index in [0.717, 1.165) is 29.4 Å². The Bertz CT molecular complexity index is 635. The van der Waals surface area contributed by atoms with Crippen LogP contribution in [0.3, 0.4) is 0 Å². The van der Waals surface area contributed by atoms with E-state index in [1.54, 1.807) is 11.3 Å². The third-order valence-corrected chi connectivity index (χ3v) is 5.21. The molecule has 2 heterocycles. The number of likely N-dealkylation sites (tertiary alicyclic amines) is 1. The molecule has 1 aromatic heterocycles. The van der Waals surface area contributed by atoms with Crippen molar-refractivity contribution in [2.24, 2.45) is 0 Å². The molecule has 1 N–H and O–H groups in total. The monoisotopic (exact) mass is 329 g/mol. The highest BCUT2D eigenvalue weighted by atomic mass is 32.1. The quantitative estimate of drug-likeness (QED) is 0.886. The number of amides is 1. The topological polar surface area (TPSA) is 45.2 Å². The maximum atomic E-state index is 12.1. The summed E-state index contributed by atoms with van der Waals surface area (Å²) in [5, 5.41) is 5.99. The molecule has 4 nitrogen and oxygen atoms in total. The van der Waals surface area contributed by atoms with Crippen molar-refractivity contribution in [2.45, 2.75) is 32.2 Å². The lowest BCUT2D eigenvalue weighted by molar-refractivity contribution is -0.120. The second-order valence-electron chi connectivity index (χ2n) is 6.08. The maximum absolute atomic E-state index is 12.1. The predicted molar refractivity (Wildman–Crippen MR) is 94.5 cm³/mol. The number of thiazole rings is 1. The highest BCUT2D eigenvalue weighted by Crippen LogP contribution is 2.23. The average molecular weight is 329 g/mol. The summed E-state index contributed by atoms with van der Waals surface area (Å²) in [6, 6.07) is 10.5. The summed E-state index contributed by atoms with van der Waals surface area (Å²) in [6.45, 7) is 5.21. The summed E-state index contributed by atoms with van der Waals surface area (Å²) in [5.41, 5.74) is 1.95. The number of carbonyl (C=O) groups is 1. The summed E-state index contributed by atoms with van der Waals surface area (Å²) in [4.78, 5) is 19.1. The van der Waals surface area contributed by atoms with E-state index in [9.17, 15) is 4.79 Å². The number of aromatic nitrogens is 1. The molecule has 0 aliphatic carbocycles. The Kier molecular flexibility index (Phi) is 5.41. The molecule has 5 heteroatoms. The standard InChI is InChI=1S/C18H23N3OS/c1-14(21-9-5-6-10-21)12-19-17(22)11-16-13-23-18(20-16)15-7-3-2-4-8-15/h2-4,7-8,13-14H,5-6,9-12H2,1H3,(H,19,22). The van der Waals surface area contributed by atoms with Crippen LogP contribution >= 0.6 is 11.3 Å². The molecule has 0 spiro atoms. The molecule has 0 bridgehead atoms. The normalized spacial score (nSPS) is 16.4. The van der Waals surface area contributed by atoms with Gasteiger partial charge in [0.25, 0.3) is 0 Å². The van der Waals surface area contributed by atoms with Gasteiger partial charge in [-0.05, 0) is 32.9 Å². The average Bonchev–Trinajstić information content (AvgIpc) is 3.25. The predicted octanol–water partition coefficient (Wildman–Crippen LogP) is 2.95. The number of carbonyl (C=O) groups excluding carboxylic acids is 1. The Morgan fingerprint density at radius 3 is 2.78 bits per heavy atom. The molecular weight excluding hydrogens is 306 g/mol. The van der Waals surface area contributed by atoms with E-state index in [1.807, 2.05) is 35.7 Å². The van der Waals surface area contributed by atoms with Crippen molar-refractivity contribution in [3.05, 3.63) is 41.4 Å². The lowest BCUT2D eigenvalue weighted by Gasteiger charge is -2.23. The molecule has 2 aromatic rings. The van der Waals surface area contributed by atoms with Crippen molar-refractivity contribution in [1.29, 1.82) is 0 Å². The summed E-state index contributed by atoms with van der Waals surface area (Å²) in [7, 11) is 0. The van der Waals surface area contributed by atoms with Crippen LogP contribution in [0.2, 0.25) is 0 Å². The van der Waals surface area contributed by atoms with Crippen molar-refractivity contribution >= 4 is 17.2 Å². The summed E-state index contributed by atoms with van der Waals surface area (Å²) >= 11 is 1.59. The fourth-order valence-corrected chi connectivity index (χ4v) is 3.73. The van der Waals surface area contributed by atoms with Crippen LogP contribution in [0.4, 0.5) is 0 Å². The van der Waals surface area contributed by atoms with E-state index < -0.39 is 0 Å². The molecule has 3 rings (SSSR count).